The average Bonchev–Trinajstić information content (AvgIpc) is 2.84. The molecular weight excluding hydrogens is 313 g/mol. The Morgan fingerprint density at radius 3 is 2.60 bits per heavy atom. The molecule has 110 valence electrons. The Morgan fingerprint density at radius 1 is 1.30 bits per heavy atom. The van der Waals surface area contributed by atoms with E-state index < -0.39 is 0 Å². The van der Waals surface area contributed by atoms with Crippen LogP contribution in [0, 0.1) is 5.92 Å². The highest BCUT2D eigenvalue weighted by atomic mass is 35.5. The van der Waals surface area contributed by atoms with Gasteiger partial charge in [0.25, 0.3) is 0 Å². The topological polar surface area (TPSA) is 41.3 Å². The van der Waals surface area contributed by atoms with Gasteiger partial charge < -0.3 is 5.43 Å². The van der Waals surface area contributed by atoms with Gasteiger partial charge in [-0.25, -0.2) is 5.84 Å². The van der Waals surface area contributed by atoms with E-state index >= 15 is 0 Å². The minimum atomic E-state index is 0.516. The second-order valence-electron chi connectivity index (χ2n) is 4.94. The predicted molar refractivity (Wildman–Crippen MR) is 88.0 cm³/mol. The third-order valence-electron chi connectivity index (χ3n) is 3.40. The lowest BCUT2D eigenvalue weighted by Gasteiger charge is -2.13. The van der Waals surface area contributed by atoms with Crippen LogP contribution in [0.5, 0.6) is 0 Å². The van der Waals surface area contributed by atoms with Crippen LogP contribution in [-0.2, 0) is 6.42 Å². The Kier molecular flexibility index (Phi) is 6.05. The molecule has 0 aromatic heterocycles. The standard InChI is InChI=1S/C14H19Cl2N3S/c1-10(14-9-18-19(17)20-14)5-2-3-6-11-12(15)7-4-8-13(11)16/h4,7-10,18H,2-3,5-6,17H2,1H3. The van der Waals surface area contributed by atoms with Gasteiger partial charge >= 0.3 is 0 Å². The Bertz CT molecular complexity index is 473. The lowest BCUT2D eigenvalue weighted by Crippen LogP contribution is -2.30. The molecule has 0 fully saturated rings. The number of halogens is 2. The minimum absolute atomic E-state index is 0.516. The fourth-order valence-electron chi connectivity index (χ4n) is 2.19. The SMILES string of the molecule is CC(CCCCc1c(Cl)cccc1Cl)C1=CNN(N)S1. The van der Waals surface area contributed by atoms with Crippen molar-refractivity contribution in [2.45, 2.75) is 32.6 Å². The molecule has 0 spiro atoms. The van der Waals surface area contributed by atoms with Gasteiger partial charge in [0.1, 0.15) is 0 Å². The van der Waals surface area contributed by atoms with Crippen molar-refractivity contribution in [1.29, 1.82) is 0 Å². The van der Waals surface area contributed by atoms with Crippen LogP contribution in [-0.4, -0.2) is 4.52 Å². The molecule has 1 aromatic rings. The van der Waals surface area contributed by atoms with E-state index in [2.05, 4.69) is 12.3 Å². The van der Waals surface area contributed by atoms with Crippen molar-refractivity contribution in [2.75, 3.05) is 0 Å². The molecule has 20 heavy (non-hydrogen) atoms. The third-order valence-corrected chi connectivity index (χ3v) is 5.14. The van der Waals surface area contributed by atoms with Crippen LogP contribution in [0.2, 0.25) is 10.0 Å². The summed E-state index contributed by atoms with van der Waals surface area (Å²) in [6, 6.07) is 5.67. The van der Waals surface area contributed by atoms with E-state index in [0.717, 1.165) is 41.3 Å². The normalized spacial score (nSPS) is 16.9. The maximum absolute atomic E-state index is 6.17. The molecule has 1 heterocycles. The molecule has 1 aromatic carbocycles. The molecule has 1 unspecified atom stereocenters. The van der Waals surface area contributed by atoms with Gasteiger partial charge in [-0.05, 0) is 54.8 Å². The summed E-state index contributed by atoms with van der Waals surface area (Å²) in [7, 11) is 0. The number of hydrogen-bond donors (Lipinski definition) is 2. The molecule has 1 aliphatic heterocycles. The number of rotatable bonds is 6. The van der Waals surface area contributed by atoms with Crippen LogP contribution >= 0.6 is 35.1 Å². The summed E-state index contributed by atoms with van der Waals surface area (Å²) < 4.78 is 1.52. The highest BCUT2D eigenvalue weighted by Gasteiger charge is 2.17. The maximum atomic E-state index is 6.17. The summed E-state index contributed by atoms with van der Waals surface area (Å²) in [5.41, 5.74) is 4.02. The maximum Gasteiger partial charge on any atom is 0.0452 e. The molecule has 0 aliphatic carbocycles. The fraction of sp³-hybridized carbons (Fsp3) is 0.429. The molecule has 0 bridgehead atoms. The van der Waals surface area contributed by atoms with Gasteiger partial charge in [-0.15, -0.1) is 0 Å². The van der Waals surface area contributed by atoms with Crippen molar-refractivity contribution in [3.8, 4) is 0 Å². The molecule has 0 saturated heterocycles. The number of allylic oxidation sites excluding steroid dienone is 1. The highest BCUT2D eigenvalue weighted by Crippen LogP contribution is 2.32. The molecular formula is C14H19Cl2N3S. The van der Waals surface area contributed by atoms with Crippen molar-refractivity contribution in [3.05, 3.63) is 44.9 Å². The molecule has 1 atom stereocenters. The van der Waals surface area contributed by atoms with Gasteiger partial charge in [0, 0.05) is 21.2 Å². The van der Waals surface area contributed by atoms with Crippen molar-refractivity contribution >= 4 is 35.1 Å². The largest absolute Gasteiger partial charge is 0.302 e. The second-order valence-corrected chi connectivity index (χ2v) is 6.80. The van der Waals surface area contributed by atoms with Crippen LogP contribution in [0.1, 0.15) is 31.7 Å². The third kappa shape index (κ3) is 4.30. The first kappa shape index (κ1) is 16.0. The smallest absolute Gasteiger partial charge is 0.0452 e. The number of benzene rings is 1. The van der Waals surface area contributed by atoms with Gasteiger partial charge in [-0.2, -0.15) is 0 Å². The molecule has 0 saturated carbocycles. The van der Waals surface area contributed by atoms with Crippen molar-refractivity contribution < 1.29 is 0 Å². The number of hydrogen-bond acceptors (Lipinski definition) is 4. The lowest BCUT2D eigenvalue weighted by molar-refractivity contribution is 0.440. The second kappa shape index (κ2) is 7.57. The summed E-state index contributed by atoms with van der Waals surface area (Å²) in [5.74, 6) is 6.15. The van der Waals surface area contributed by atoms with E-state index in [9.17, 15) is 0 Å². The van der Waals surface area contributed by atoms with E-state index in [1.807, 2.05) is 24.4 Å². The van der Waals surface area contributed by atoms with E-state index in [-0.39, 0.29) is 0 Å². The summed E-state index contributed by atoms with van der Waals surface area (Å²) in [6.07, 6.45) is 6.27. The van der Waals surface area contributed by atoms with E-state index in [1.54, 1.807) is 11.9 Å². The predicted octanol–water partition coefficient (Wildman–Crippen LogP) is 4.53. The summed E-state index contributed by atoms with van der Waals surface area (Å²) in [5, 5.41) is 1.53. The minimum Gasteiger partial charge on any atom is -0.302 e. The van der Waals surface area contributed by atoms with E-state index in [0.29, 0.717) is 5.92 Å². The van der Waals surface area contributed by atoms with E-state index in [1.165, 1.54) is 9.43 Å². The average molecular weight is 332 g/mol. The fourth-order valence-corrected chi connectivity index (χ4v) is 3.51. The van der Waals surface area contributed by atoms with Gasteiger partial charge in [0.2, 0.25) is 0 Å². The Labute approximate surface area is 134 Å². The van der Waals surface area contributed by atoms with Crippen LogP contribution in [0.4, 0.5) is 0 Å². The number of nitrogens with zero attached hydrogens (tertiary/aromatic N) is 1. The highest BCUT2D eigenvalue weighted by molar-refractivity contribution is 8.00. The summed E-state index contributed by atoms with van der Waals surface area (Å²) in [6.45, 7) is 2.22. The van der Waals surface area contributed by atoms with Gasteiger partial charge in [0.15, 0.2) is 0 Å². The van der Waals surface area contributed by atoms with Crippen molar-refractivity contribution in [2.24, 2.45) is 11.8 Å². The molecule has 0 radical (unpaired) electrons. The van der Waals surface area contributed by atoms with Gasteiger partial charge in [-0.3, -0.25) is 0 Å². The van der Waals surface area contributed by atoms with Crippen molar-refractivity contribution in [3.63, 3.8) is 0 Å². The van der Waals surface area contributed by atoms with Crippen LogP contribution < -0.4 is 11.3 Å². The van der Waals surface area contributed by atoms with Gasteiger partial charge in [-0.1, -0.05) is 47.1 Å². The molecule has 2 rings (SSSR count). The Morgan fingerprint density at radius 2 is 2.00 bits per heavy atom. The summed E-state index contributed by atoms with van der Waals surface area (Å²) in [4.78, 5) is 1.28. The van der Waals surface area contributed by atoms with E-state index in [4.69, 9.17) is 29.0 Å². The molecule has 0 amide bonds. The number of nitrogens with two attached hydrogens (primary N) is 1. The molecule has 3 nitrogen and oxygen atoms in total. The molecule has 3 N–H and O–H groups in total. The number of unbranched alkanes of at least 4 members (excludes halogenated alkanes) is 1. The molecule has 6 heteroatoms. The Balaban J connectivity index is 1.74. The Hall–Kier alpha value is -0.390. The zero-order valence-electron chi connectivity index (χ0n) is 11.4. The molecule has 1 aliphatic rings. The van der Waals surface area contributed by atoms with Gasteiger partial charge in [0.05, 0.1) is 0 Å². The lowest BCUT2D eigenvalue weighted by atomic mass is 10.0. The quantitative estimate of drug-likeness (QED) is 0.456. The zero-order chi connectivity index (χ0) is 14.5. The van der Waals surface area contributed by atoms with Crippen LogP contribution in [0.25, 0.3) is 0 Å². The number of nitrogens with one attached hydrogen (secondary N) is 1. The van der Waals surface area contributed by atoms with Crippen LogP contribution in [0.15, 0.2) is 29.3 Å². The first-order chi connectivity index (χ1) is 9.58. The first-order valence-corrected chi connectivity index (χ1v) is 8.22. The first-order valence-electron chi connectivity index (χ1n) is 6.70. The number of hydrazine groups is 2. The van der Waals surface area contributed by atoms with Crippen molar-refractivity contribution in [1.82, 2.24) is 9.95 Å². The summed E-state index contributed by atoms with van der Waals surface area (Å²) >= 11 is 13.9. The van der Waals surface area contributed by atoms with Crippen LogP contribution in [0.3, 0.4) is 0 Å². The monoisotopic (exact) mass is 331 g/mol. The zero-order valence-corrected chi connectivity index (χ0v) is 13.7.